The molecule has 7 nitrogen and oxygen atoms in total. The van der Waals surface area contributed by atoms with Gasteiger partial charge in [-0.1, -0.05) is 0 Å². The molecule has 0 aliphatic carbocycles. The van der Waals surface area contributed by atoms with Crippen LogP contribution in [0.1, 0.15) is 16.8 Å². The number of hydrogen-bond acceptors (Lipinski definition) is 4. The van der Waals surface area contributed by atoms with Crippen molar-refractivity contribution in [3.05, 3.63) is 65.5 Å². The molecule has 2 heterocycles. The van der Waals surface area contributed by atoms with Gasteiger partial charge >= 0.3 is 6.03 Å². The molecule has 3 amide bonds. The molecule has 0 bridgehead atoms. The summed E-state index contributed by atoms with van der Waals surface area (Å²) in [6.07, 6.45) is 0.555. The Balaban J connectivity index is 1.47. The number of rotatable bonds is 2. The lowest BCUT2D eigenvalue weighted by molar-refractivity contribution is -0.258. The molecule has 32 heavy (non-hydrogen) atoms. The fraction of sp³-hybridized carbons (Fsp3) is 0.364. The van der Waals surface area contributed by atoms with Gasteiger partial charge in [-0.25, -0.2) is 18.0 Å². The molecular formula is C22H22F3N3O4. The molecule has 1 unspecified atom stereocenters. The van der Waals surface area contributed by atoms with Crippen LogP contribution >= 0.6 is 0 Å². The normalized spacial score (nSPS) is 21.3. The van der Waals surface area contributed by atoms with Gasteiger partial charge in [-0.05, 0) is 48.9 Å². The number of benzene rings is 2. The molecule has 0 aromatic heterocycles. The molecule has 2 aliphatic heterocycles. The van der Waals surface area contributed by atoms with Crippen molar-refractivity contribution in [2.75, 3.05) is 44.7 Å². The predicted octanol–water partition coefficient (Wildman–Crippen LogP) is 3.23. The maximum absolute atomic E-state index is 13.6. The molecule has 2 saturated heterocycles. The topological polar surface area (TPSA) is 71.1 Å². The van der Waals surface area contributed by atoms with E-state index in [1.165, 1.54) is 40.1 Å². The summed E-state index contributed by atoms with van der Waals surface area (Å²) >= 11 is 0. The number of morpholine rings is 1. The number of amides is 3. The number of anilines is 1. The van der Waals surface area contributed by atoms with Gasteiger partial charge in [0.1, 0.15) is 5.82 Å². The van der Waals surface area contributed by atoms with Gasteiger partial charge in [-0.3, -0.25) is 4.79 Å². The number of nitrogens with zero attached hydrogens (tertiary/aromatic N) is 2. The molecule has 10 heteroatoms. The Bertz CT molecular complexity index is 1000. The fourth-order valence-electron chi connectivity index (χ4n) is 3.76. The van der Waals surface area contributed by atoms with Crippen molar-refractivity contribution >= 4 is 17.6 Å². The van der Waals surface area contributed by atoms with Crippen molar-refractivity contribution in [2.45, 2.75) is 12.2 Å². The molecule has 170 valence electrons. The lowest BCUT2D eigenvalue weighted by Gasteiger charge is -2.43. The van der Waals surface area contributed by atoms with Crippen molar-refractivity contribution in [1.82, 2.24) is 9.80 Å². The van der Waals surface area contributed by atoms with E-state index in [0.29, 0.717) is 25.3 Å². The summed E-state index contributed by atoms with van der Waals surface area (Å²) in [7, 11) is 0. The average molecular weight is 449 g/mol. The van der Waals surface area contributed by atoms with Gasteiger partial charge in [-0.15, -0.1) is 0 Å². The molecule has 1 N–H and O–H groups in total. The molecule has 0 radical (unpaired) electrons. The standard InChI is InChI=1S/C22H22F3N3O4/c23-16-3-5-17(6-4-16)26-21(30)28-8-1-10-31-22(14-28)13-27(9-11-32-22)20(29)15-2-7-18(24)19(25)12-15/h2-7,12H,1,8-11,13-14H2,(H,26,30). The molecule has 4 rings (SSSR count). The van der Waals surface area contributed by atoms with Crippen LogP contribution in [-0.2, 0) is 9.47 Å². The van der Waals surface area contributed by atoms with Crippen molar-refractivity contribution in [3.63, 3.8) is 0 Å². The monoisotopic (exact) mass is 449 g/mol. The maximum Gasteiger partial charge on any atom is 0.322 e. The number of ether oxygens (including phenoxy) is 2. The van der Waals surface area contributed by atoms with E-state index < -0.39 is 35.2 Å². The lowest BCUT2D eigenvalue weighted by Crippen LogP contribution is -2.60. The number of hydrogen-bond donors (Lipinski definition) is 1. The smallest absolute Gasteiger partial charge is 0.322 e. The average Bonchev–Trinajstić information content (AvgIpc) is 2.99. The minimum Gasteiger partial charge on any atom is -0.347 e. The summed E-state index contributed by atoms with van der Waals surface area (Å²) < 4.78 is 51.7. The fourth-order valence-corrected chi connectivity index (χ4v) is 3.76. The zero-order chi connectivity index (χ0) is 22.7. The molecular weight excluding hydrogens is 427 g/mol. The van der Waals surface area contributed by atoms with Crippen LogP contribution in [0, 0.1) is 17.5 Å². The van der Waals surface area contributed by atoms with E-state index in [1.807, 2.05) is 0 Å². The van der Waals surface area contributed by atoms with Crippen LogP contribution in [0.3, 0.4) is 0 Å². The summed E-state index contributed by atoms with van der Waals surface area (Å²) in [6, 6.07) is 7.98. The van der Waals surface area contributed by atoms with Crippen LogP contribution in [0.4, 0.5) is 23.7 Å². The molecule has 2 fully saturated rings. The molecule has 0 saturated carbocycles. The summed E-state index contributed by atoms with van der Waals surface area (Å²) in [4.78, 5) is 28.6. The molecule has 2 aromatic carbocycles. The number of halogens is 3. The lowest BCUT2D eigenvalue weighted by atomic mass is 10.1. The van der Waals surface area contributed by atoms with Crippen molar-refractivity contribution in [2.24, 2.45) is 0 Å². The van der Waals surface area contributed by atoms with Crippen LogP contribution in [0.5, 0.6) is 0 Å². The van der Waals surface area contributed by atoms with E-state index in [9.17, 15) is 22.8 Å². The maximum atomic E-state index is 13.6. The van der Waals surface area contributed by atoms with Crippen LogP contribution in [0.15, 0.2) is 42.5 Å². The minimum absolute atomic E-state index is 0.0143. The van der Waals surface area contributed by atoms with Gasteiger partial charge in [0, 0.05) is 24.3 Å². The largest absolute Gasteiger partial charge is 0.347 e. The second-order valence-electron chi connectivity index (χ2n) is 7.68. The highest BCUT2D eigenvalue weighted by molar-refractivity contribution is 5.94. The van der Waals surface area contributed by atoms with Gasteiger partial charge in [0.25, 0.3) is 5.91 Å². The second-order valence-corrected chi connectivity index (χ2v) is 7.68. The Morgan fingerprint density at radius 1 is 0.875 bits per heavy atom. The van der Waals surface area contributed by atoms with Gasteiger partial charge < -0.3 is 24.6 Å². The Kier molecular flexibility index (Phi) is 6.33. The first-order chi connectivity index (χ1) is 15.3. The molecule has 2 aliphatic rings. The number of nitrogens with one attached hydrogen (secondary N) is 1. The number of urea groups is 1. The van der Waals surface area contributed by atoms with Gasteiger partial charge in [0.15, 0.2) is 11.6 Å². The zero-order valence-electron chi connectivity index (χ0n) is 17.2. The first-order valence-corrected chi connectivity index (χ1v) is 10.2. The highest BCUT2D eigenvalue weighted by Gasteiger charge is 2.43. The van der Waals surface area contributed by atoms with E-state index >= 15 is 0 Å². The van der Waals surface area contributed by atoms with E-state index in [-0.39, 0.29) is 31.8 Å². The van der Waals surface area contributed by atoms with E-state index in [0.717, 1.165) is 12.1 Å². The van der Waals surface area contributed by atoms with Gasteiger partial charge in [0.05, 0.1) is 26.3 Å². The Morgan fingerprint density at radius 3 is 2.34 bits per heavy atom. The van der Waals surface area contributed by atoms with Crippen molar-refractivity contribution in [3.8, 4) is 0 Å². The third-order valence-corrected chi connectivity index (χ3v) is 5.36. The zero-order valence-corrected chi connectivity index (χ0v) is 17.2. The third-order valence-electron chi connectivity index (χ3n) is 5.36. The Morgan fingerprint density at radius 2 is 1.59 bits per heavy atom. The van der Waals surface area contributed by atoms with E-state index in [4.69, 9.17) is 9.47 Å². The van der Waals surface area contributed by atoms with Gasteiger partial charge in [0.2, 0.25) is 5.79 Å². The highest BCUT2D eigenvalue weighted by Crippen LogP contribution is 2.26. The van der Waals surface area contributed by atoms with E-state index in [2.05, 4.69) is 5.32 Å². The summed E-state index contributed by atoms with van der Waals surface area (Å²) in [5.41, 5.74) is 0.454. The molecule has 2 aromatic rings. The number of carbonyl (C=O) groups excluding carboxylic acids is 2. The van der Waals surface area contributed by atoms with E-state index in [1.54, 1.807) is 0 Å². The summed E-state index contributed by atoms with van der Waals surface area (Å²) in [5, 5.41) is 2.71. The highest BCUT2D eigenvalue weighted by atomic mass is 19.2. The first-order valence-electron chi connectivity index (χ1n) is 10.2. The van der Waals surface area contributed by atoms with Crippen LogP contribution < -0.4 is 5.32 Å². The van der Waals surface area contributed by atoms with Gasteiger partial charge in [-0.2, -0.15) is 0 Å². The number of carbonyl (C=O) groups is 2. The molecule has 1 atom stereocenters. The first kappa shape index (κ1) is 22.1. The van der Waals surface area contributed by atoms with Crippen LogP contribution in [0.25, 0.3) is 0 Å². The van der Waals surface area contributed by atoms with Crippen molar-refractivity contribution in [1.29, 1.82) is 0 Å². The predicted molar refractivity (Wildman–Crippen MR) is 109 cm³/mol. The van der Waals surface area contributed by atoms with Crippen LogP contribution in [-0.4, -0.2) is 66.9 Å². The van der Waals surface area contributed by atoms with Crippen LogP contribution in [0.2, 0.25) is 0 Å². The second kappa shape index (κ2) is 9.17. The Hall–Kier alpha value is -3.11. The SMILES string of the molecule is O=C(Nc1ccc(F)cc1)N1CCCOC2(C1)CN(C(=O)c1ccc(F)c(F)c1)CCO2. The summed E-state index contributed by atoms with van der Waals surface area (Å²) in [6.45, 7) is 1.18. The quantitative estimate of drug-likeness (QED) is 0.765. The minimum atomic E-state index is -1.25. The summed E-state index contributed by atoms with van der Waals surface area (Å²) in [5.74, 6) is -4.28. The third kappa shape index (κ3) is 4.86. The van der Waals surface area contributed by atoms with Crippen molar-refractivity contribution < 1.29 is 32.2 Å². The molecule has 1 spiro atoms. The Labute approximate surface area is 182 Å².